The molecule has 5 rings (SSSR count). The Morgan fingerprint density at radius 3 is 1.72 bits per heavy atom. The second-order valence-corrected chi connectivity index (χ2v) is 15.0. The molecule has 6 nitrogen and oxygen atoms in total. The lowest BCUT2D eigenvalue weighted by molar-refractivity contribution is -0.446. The number of hydrogen-bond acceptors (Lipinski definition) is 7. The number of hydrogen-bond donors (Lipinski definition) is 0. The predicted molar refractivity (Wildman–Crippen MR) is 167 cm³/mol. The van der Waals surface area contributed by atoms with Crippen LogP contribution in [0.25, 0.3) is 0 Å². The number of benzene rings is 2. The number of fused-ring (bicyclic) bond motifs is 5. The lowest BCUT2D eigenvalue weighted by Gasteiger charge is -2.56. The molecule has 7 atom stereocenters. The SMILES string of the molecule is CC(=O)Oc1ccc2c(c1)C(OC(=S)Oc1c(F)c(F)c(F)c(F)c1F)[C@@H](C(F)(F)C(F)(F)C(F)(F)C(F)(F)C(F)(F)C(F)(F)F)[C@@H]1[C@@H]2CC[C@]2(C)[C@@H](OC(C)=O)CC[C@@H]12. The molecule has 0 spiro atoms. The lowest BCUT2D eigenvalue weighted by Crippen LogP contribution is -2.72. The molecule has 0 N–H and O–H groups in total. The van der Waals surface area contributed by atoms with Crippen LogP contribution in [0.3, 0.4) is 0 Å². The van der Waals surface area contributed by atoms with Gasteiger partial charge in [0.1, 0.15) is 18.0 Å². The van der Waals surface area contributed by atoms with Crippen LogP contribution in [0, 0.1) is 52.3 Å². The number of thiocarbonyl (C=S) groups is 1. The summed E-state index contributed by atoms with van der Waals surface area (Å²) in [6.07, 6.45) is -13.6. The molecule has 0 aromatic heterocycles. The van der Waals surface area contributed by atoms with E-state index in [1.165, 1.54) is 6.92 Å². The van der Waals surface area contributed by atoms with Crippen molar-refractivity contribution in [3.8, 4) is 11.5 Å². The molecule has 0 bridgehead atoms. The number of rotatable bonds is 9. The van der Waals surface area contributed by atoms with Gasteiger partial charge >= 0.3 is 53.0 Å². The molecule has 2 saturated carbocycles. The van der Waals surface area contributed by atoms with Crippen LogP contribution in [-0.4, -0.2) is 59.1 Å². The molecule has 2 fully saturated rings. The van der Waals surface area contributed by atoms with Crippen LogP contribution in [0.1, 0.15) is 69.6 Å². The van der Waals surface area contributed by atoms with Crippen molar-refractivity contribution in [3.63, 3.8) is 0 Å². The summed E-state index contributed by atoms with van der Waals surface area (Å²) >= 11 is 4.62. The minimum absolute atomic E-state index is 0.157. The average molecular weight is 917 g/mol. The Bertz CT molecular complexity index is 2050. The average Bonchev–Trinajstić information content (AvgIpc) is 3.45. The van der Waals surface area contributed by atoms with E-state index < -0.39 is 153 Å². The summed E-state index contributed by atoms with van der Waals surface area (Å²) in [5.74, 6) is -68.0. The second kappa shape index (κ2) is 15.0. The maximum Gasteiger partial charge on any atom is 0.460 e. The van der Waals surface area contributed by atoms with E-state index in [9.17, 15) is 62.3 Å². The van der Waals surface area contributed by atoms with Crippen LogP contribution in [0.2, 0.25) is 0 Å². The van der Waals surface area contributed by atoms with Gasteiger partial charge in [-0.15, -0.1) is 0 Å². The highest BCUT2D eigenvalue weighted by molar-refractivity contribution is 7.79. The lowest BCUT2D eigenvalue weighted by atomic mass is 9.50. The number of alkyl halides is 13. The van der Waals surface area contributed by atoms with Crippen LogP contribution < -0.4 is 9.47 Å². The van der Waals surface area contributed by atoms with Gasteiger partial charge in [-0.2, -0.15) is 65.9 Å². The van der Waals surface area contributed by atoms with E-state index in [1.807, 2.05) is 0 Å². The molecule has 2 aromatic rings. The van der Waals surface area contributed by atoms with E-state index in [-0.39, 0.29) is 18.4 Å². The van der Waals surface area contributed by atoms with Gasteiger partial charge in [0.2, 0.25) is 34.8 Å². The van der Waals surface area contributed by atoms with E-state index in [0.717, 1.165) is 26.0 Å². The summed E-state index contributed by atoms with van der Waals surface area (Å²) in [5, 5.41) is -2.03. The Morgan fingerprint density at radius 2 is 1.20 bits per heavy atom. The zero-order chi connectivity index (χ0) is 45.7. The molecular formula is C35H26F18O6S. The van der Waals surface area contributed by atoms with E-state index in [4.69, 9.17) is 14.2 Å². The maximum absolute atomic E-state index is 17.0. The standard InChI is InChI=1S/C35H26F18O6S/c1-11(54)56-13-4-5-14-15-8-9-29(3)17(6-7-18(29)57-12(2)55)19(15)20(30(41,42)31(43,44)32(45,46)33(47,48)34(49,50)35(51,52)53)26(16(14)10-13)58-28(60)59-27-24(39)22(37)21(36)23(38)25(27)40/h4-5,10,15,17-20,26H,6-9H2,1-3H3/t15-,17+,18+,19-,20+,26?,29+/m1/s1. The number of carbonyl (C=O) groups excluding carboxylic acids is 2. The van der Waals surface area contributed by atoms with Crippen LogP contribution in [0.5, 0.6) is 11.5 Å². The van der Waals surface area contributed by atoms with Gasteiger partial charge in [-0.1, -0.05) is 13.0 Å². The van der Waals surface area contributed by atoms with Crippen molar-refractivity contribution in [3.05, 3.63) is 58.4 Å². The summed E-state index contributed by atoms with van der Waals surface area (Å²) < 4.78 is 283. The van der Waals surface area contributed by atoms with Gasteiger partial charge in [0.25, 0.3) is 0 Å². The highest BCUT2D eigenvalue weighted by atomic mass is 32.1. The second-order valence-electron chi connectivity index (χ2n) is 14.6. The molecule has 0 aliphatic heterocycles. The van der Waals surface area contributed by atoms with E-state index in [1.54, 1.807) is 0 Å². The minimum atomic E-state index is -8.34. The van der Waals surface area contributed by atoms with Gasteiger partial charge in [0.05, 0.1) is 5.92 Å². The van der Waals surface area contributed by atoms with Gasteiger partial charge in [-0.25, -0.2) is 13.2 Å². The topological polar surface area (TPSA) is 71.1 Å². The molecule has 25 heteroatoms. The Balaban J connectivity index is 1.80. The first-order valence-corrected chi connectivity index (χ1v) is 17.5. The molecule has 334 valence electrons. The van der Waals surface area contributed by atoms with E-state index in [0.29, 0.717) is 6.07 Å². The van der Waals surface area contributed by atoms with Gasteiger partial charge in [-0.3, -0.25) is 9.59 Å². The Morgan fingerprint density at radius 1 is 0.667 bits per heavy atom. The summed E-state index contributed by atoms with van der Waals surface area (Å²) in [6, 6.07) is 2.49. The fourth-order valence-corrected chi connectivity index (χ4v) is 8.80. The van der Waals surface area contributed by atoms with Crippen molar-refractivity contribution in [2.24, 2.45) is 23.2 Å². The van der Waals surface area contributed by atoms with Crippen molar-refractivity contribution in [1.82, 2.24) is 0 Å². The zero-order valence-electron chi connectivity index (χ0n) is 30.2. The van der Waals surface area contributed by atoms with Crippen LogP contribution in [-0.2, 0) is 19.1 Å². The van der Waals surface area contributed by atoms with Gasteiger partial charge < -0.3 is 18.9 Å². The summed E-state index contributed by atoms with van der Waals surface area (Å²) in [6.45, 7) is 2.95. The Labute approximate surface area is 330 Å². The summed E-state index contributed by atoms with van der Waals surface area (Å²) in [4.78, 5) is 23.8. The minimum Gasteiger partial charge on any atom is -0.462 e. The van der Waals surface area contributed by atoms with Gasteiger partial charge in [0.15, 0.2) is 0 Å². The molecular weight excluding hydrogens is 890 g/mol. The first-order chi connectivity index (χ1) is 27.2. The van der Waals surface area contributed by atoms with Crippen LogP contribution in [0.15, 0.2) is 18.2 Å². The van der Waals surface area contributed by atoms with E-state index >= 15 is 26.3 Å². The van der Waals surface area contributed by atoms with Crippen molar-refractivity contribution < 1.29 is 108 Å². The first kappa shape index (κ1) is 46.9. The molecule has 0 amide bonds. The maximum atomic E-state index is 17.0. The molecule has 3 aliphatic carbocycles. The summed E-state index contributed by atoms with van der Waals surface area (Å²) in [5.41, 5.74) is -2.85. The monoisotopic (exact) mass is 916 g/mol. The molecule has 2 aromatic carbocycles. The quantitative estimate of drug-likeness (QED) is 0.0620. The molecule has 60 heavy (non-hydrogen) atoms. The van der Waals surface area contributed by atoms with Gasteiger partial charge in [-0.05, 0) is 61.1 Å². The van der Waals surface area contributed by atoms with Crippen LogP contribution >= 0.6 is 12.2 Å². The van der Waals surface area contributed by atoms with Crippen molar-refractivity contribution in [2.75, 3.05) is 0 Å². The van der Waals surface area contributed by atoms with Crippen molar-refractivity contribution >= 4 is 29.4 Å². The fourth-order valence-electron chi connectivity index (χ4n) is 8.61. The highest BCUT2D eigenvalue weighted by Crippen LogP contribution is 2.70. The number of carbonyl (C=O) groups is 2. The normalized spacial score (nSPS) is 26.1. The number of ether oxygens (including phenoxy) is 4. The predicted octanol–water partition coefficient (Wildman–Crippen LogP) is 10.9. The molecule has 0 heterocycles. The third-order valence-corrected chi connectivity index (χ3v) is 11.5. The third kappa shape index (κ3) is 6.96. The molecule has 0 saturated heterocycles. The summed E-state index contributed by atoms with van der Waals surface area (Å²) in [7, 11) is 0. The fraction of sp³-hybridized carbons (Fsp3) is 0.571. The third-order valence-electron chi connectivity index (χ3n) is 11.3. The smallest absolute Gasteiger partial charge is 0.460 e. The van der Waals surface area contributed by atoms with Crippen LogP contribution in [0.4, 0.5) is 79.0 Å². The molecule has 3 aliphatic rings. The van der Waals surface area contributed by atoms with Crippen molar-refractivity contribution in [2.45, 2.75) is 100 Å². The van der Waals surface area contributed by atoms with E-state index in [2.05, 4.69) is 17.0 Å². The van der Waals surface area contributed by atoms with Gasteiger partial charge in [0, 0.05) is 37.0 Å². The molecule has 1 unspecified atom stereocenters. The Hall–Kier alpha value is -4.19. The largest absolute Gasteiger partial charge is 0.462 e. The Kier molecular flexibility index (Phi) is 11.7. The number of halogens is 18. The zero-order valence-corrected chi connectivity index (χ0v) is 31.0. The highest BCUT2D eigenvalue weighted by Gasteiger charge is 2.92. The number of esters is 2. The molecule has 0 radical (unpaired) electrons. The first-order valence-electron chi connectivity index (χ1n) is 17.1. The van der Waals surface area contributed by atoms with Crippen molar-refractivity contribution in [1.29, 1.82) is 0 Å².